The van der Waals surface area contributed by atoms with E-state index in [0.29, 0.717) is 17.9 Å². The molecule has 1 aliphatic heterocycles. The zero-order chi connectivity index (χ0) is 12.5. The highest BCUT2D eigenvalue weighted by Crippen LogP contribution is 2.17. The maximum atomic E-state index is 12.2. The molecule has 0 amide bonds. The van der Waals surface area contributed by atoms with E-state index in [1.54, 1.807) is 13.8 Å². The van der Waals surface area contributed by atoms with Crippen molar-refractivity contribution < 1.29 is 8.42 Å². The van der Waals surface area contributed by atoms with E-state index in [-0.39, 0.29) is 23.3 Å². The van der Waals surface area contributed by atoms with Gasteiger partial charge in [-0.2, -0.15) is 5.10 Å². The lowest BCUT2D eigenvalue weighted by atomic mass is 10.1. The first-order valence-corrected chi connectivity index (χ1v) is 7.23. The molecule has 1 saturated heterocycles. The Balaban J connectivity index is 0.00000162. The molecule has 0 aromatic carbocycles. The Bertz CT molecular complexity index is 474. The van der Waals surface area contributed by atoms with E-state index in [0.717, 1.165) is 19.4 Å². The van der Waals surface area contributed by atoms with Crippen LogP contribution >= 0.6 is 12.4 Å². The summed E-state index contributed by atoms with van der Waals surface area (Å²) in [6, 6.07) is -0.0255. The number of aromatic nitrogens is 2. The van der Waals surface area contributed by atoms with E-state index in [2.05, 4.69) is 20.2 Å². The molecule has 1 aliphatic rings. The smallest absolute Gasteiger partial charge is 0.244 e. The Morgan fingerprint density at radius 3 is 2.61 bits per heavy atom. The number of H-pyrrole nitrogens is 1. The summed E-state index contributed by atoms with van der Waals surface area (Å²) in [4.78, 5) is 0.281. The van der Waals surface area contributed by atoms with Crippen molar-refractivity contribution in [2.24, 2.45) is 0 Å². The SMILES string of the molecule is Cc1n[nH]c(C)c1S(=O)(=O)N[C@@H]1CCCNC1.Cl. The van der Waals surface area contributed by atoms with Gasteiger partial charge in [-0.3, -0.25) is 5.10 Å². The summed E-state index contributed by atoms with van der Waals surface area (Å²) in [5.41, 5.74) is 1.09. The predicted molar refractivity (Wildman–Crippen MR) is 71.5 cm³/mol. The van der Waals surface area contributed by atoms with Crippen molar-refractivity contribution in [3.05, 3.63) is 11.4 Å². The number of rotatable bonds is 3. The van der Waals surface area contributed by atoms with Crippen LogP contribution in [0.2, 0.25) is 0 Å². The number of aromatic amines is 1. The van der Waals surface area contributed by atoms with Crippen LogP contribution in [0.3, 0.4) is 0 Å². The Morgan fingerprint density at radius 1 is 1.39 bits per heavy atom. The van der Waals surface area contributed by atoms with Gasteiger partial charge in [-0.25, -0.2) is 13.1 Å². The van der Waals surface area contributed by atoms with Gasteiger partial charge in [-0.1, -0.05) is 0 Å². The molecule has 0 saturated carbocycles. The molecule has 1 atom stereocenters. The highest BCUT2D eigenvalue weighted by atomic mass is 35.5. The molecular formula is C10H19ClN4O2S. The third kappa shape index (κ3) is 3.23. The molecule has 18 heavy (non-hydrogen) atoms. The average molecular weight is 295 g/mol. The number of hydrogen-bond acceptors (Lipinski definition) is 4. The molecule has 8 heteroatoms. The van der Waals surface area contributed by atoms with Gasteiger partial charge in [0.1, 0.15) is 4.90 Å². The van der Waals surface area contributed by atoms with Crippen LogP contribution in [0.5, 0.6) is 0 Å². The average Bonchev–Trinajstić information content (AvgIpc) is 2.59. The molecule has 0 bridgehead atoms. The molecular weight excluding hydrogens is 276 g/mol. The van der Waals surface area contributed by atoms with Crippen molar-refractivity contribution >= 4 is 22.4 Å². The van der Waals surface area contributed by atoms with Gasteiger partial charge < -0.3 is 5.32 Å². The van der Waals surface area contributed by atoms with Gasteiger partial charge in [-0.05, 0) is 33.2 Å². The fourth-order valence-electron chi connectivity index (χ4n) is 2.17. The van der Waals surface area contributed by atoms with Gasteiger partial charge in [0.05, 0.1) is 11.4 Å². The minimum atomic E-state index is -3.46. The quantitative estimate of drug-likeness (QED) is 0.757. The molecule has 1 aromatic heterocycles. The van der Waals surface area contributed by atoms with Crippen LogP contribution in [0, 0.1) is 13.8 Å². The Kier molecular flexibility index (Phi) is 5.15. The highest BCUT2D eigenvalue weighted by molar-refractivity contribution is 7.89. The molecule has 0 unspecified atom stereocenters. The van der Waals surface area contributed by atoms with Crippen LogP contribution in [0.15, 0.2) is 4.90 Å². The molecule has 0 aliphatic carbocycles. The predicted octanol–water partition coefficient (Wildman–Crippen LogP) is 0.479. The van der Waals surface area contributed by atoms with Gasteiger partial charge >= 0.3 is 0 Å². The van der Waals surface area contributed by atoms with E-state index < -0.39 is 10.0 Å². The number of piperidine rings is 1. The summed E-state index contributed by atoms with van der Waals surface area (Å²) >= 11 is 0. The van der Waals surface area contributed by atoms with Gasteiger partial charge in [-0.15, -0.1) is 12.4 Å². The van der Waals surface area contributed by atoms with Crippen LogP contribution in [0.25, 0.3) is 0 Å². The van der Waals surface area contributed by atoms with Crippen molar-refractivity contribution in [1.29, 1.82) is 0 Å². The van der Waals surface area contributed by atoms with Crippen molar-refractivity contribution in [2.45, 2.75) is 37.6 Å². The molecule has 0 radical (unpaired) electrons. The zero-order valence-electron chi connectivity index (χ0n) is 10.5. The Morgan fingerprint density at radius 2 is 2.11 bits per heavy atom. The van der Waals surface area contributed by atoms with E-state index in [1.807, 2.05) is 0 Å². The number of nitrogens with zero attached hydrogens (tertiary/aromatic N) is 1. The molecule has 6 nitrogen and oxygen atoms in total. The number of hydrogen-bond donors (Lipinski definition) is 3. The third-order valence-corrected chi connectivity index (χ3v) is 4.73. The summed E-state index contributed by atoms with van der Waals surface area (Å²) in [5.74, 6) is 0. The van der Waals surface area contributed by atoms with E-state index in [4.69, 9.17) is 0 Å². The van der Waals surface area contributed by atoms with Crippen molar-refractivity contribution in [1.82, 2.24) is 20.2 Å². The highest BCUT2D eigenvalue weighted by Gasteiger charge is 2.26. The second kappa shape index (κ2) is 6.01. The van der Waals surface area contributed by atoms with Crippen LogP contribution in [0.4, 0.5) is 0 Å². The second-order valence-corrected chi connectivity index (χ2v) is 6.08. The van der Waals surface area contributed by atoms with Crippen molar-refractivity contribution in [3.63, 3.8) is 0 Å². The Labute approximate surface area is 113 Å². The minimum Gasteiger partial charge on any atom is -0.315 e. The monoisotopic (exact) mass is 294 g/mol. The first-order chi connectivity index (χ1) is 8.00. The maximum Gasteiger partial charge on any atom is 0.244 e. The minimum absolute atomic E-state index is 0. The van der Waals surface area contributed by atoms with E-state index >= 15 is 0 Å². The first kappa shape index (κ1) is 15.4. The second-order valence-electron chi connectivity index (χ2n) is 4.43. The van der Waals surface area contributed by atoms with Crippen molar-refractivity contribution in [2.75, 3.05) is 13.1 Å². The maximum absolute atomic E-state index is 12.2. The van der Waals surface area contributed by atoms with Crippen LogP contribution in [-0.4, -0.2) is 37.7 Å². The number of halogens is 1. The number of nitrogens with one attached hydrogen (secondary N) is 3. The molecule has 2 heterocycles. The largest absolute Gasteiger partial charge is 0.315 e. The first-order valence-electron chi connectivity index (χ1n) is 5.75. The number of sulfonamides is 1. The normalized spacial score (nSPS) is 20.4. The summed E-state index contributed by atoms with van der Waals surface area (Å²) in [6.45, 7) is 5.06. The van der Waals surface area contributed by atoms with Crippen LogP contribution in [-0.2, 0) is 10.0 Å². The topological polar surface area (TPSA) is 86.9 Å². The molecule has 1 fully saturated rings. The lowest BCUT2D eigenvalue weighted by Gasteiger charge is -2.23. The summed E-state index contributed by atoms with van der Waals surface area (Å²) in [7, 11) is -3.46. The van der Waals surface area contributed by atoms with Gasteiger partial charge in [0, 0.05) is 12.6 Å². The Hall–Kier alpha value is -0.630. The van der Waals surface area contributed by atoms with Gasteiger partial charge in [0.25, 0.3) is 0 Å². The third-order valence-electron chi connectivity index (χ3n) is 2.95. The molecule has 1 aromatic rings. The zero-order valence-corrected chi connectivity index (χ0v) is 12.1. The van der Waals surface area contributed by atoms with Crippen LogP contribution < -0.4 is 10.0 Å². The molecule has 0 spiro atoms. The summed E-state index contributed by atoms with van der Waals surface area (Å²) < 4.78 is 27.1. The van der Waals surface area contributed by atoms with Gasteiger partial charge in [0.2, 0.25) is 10.0 Å². The summed E-state index contributed by atoms with van der Waals surface area (Å²) in [6.07, 6.45) is 1.87. The van der Waals surface area contributed by atoms with Gasteiger partial charge in [0.15, 0.2) is 0 Å². The molecule has 2 rings (SSSR count). The fraction of sp³-hybridized carbons (Fsp3) is 0.700. The fourth-order valence-corrected chi connectivity index (χ4v) is 3.81. The standard InChI is InChI=1S/C10H18N4O2S.ClH/c1-7-10(8(2)13-12-7)17(15,16)14-9-4-3-5-11-6-9;/h9,11,14H,3-6H2,1-2H3,(H,12,13);1H/t9-;/m1./s1. The van der Waals surface area contributed by atoms with Crippen molar-refractivity contribution in [3.8, 4) is 0 Å². The summed E-state index contributed by atoms with van der Waals surface area (Å²) in [5, 5.41) is 9.79. The molecule has 3 N–H and O–H groups in total. The number of aryl methyl sites for hydroxylation is 2. The van der Waals surface area contributed by atoms with E-state index in [1.165, 1.54) is 0 Å². The van der Waals surface area contributed by atoms with E-state index in [9.17, 15) is 8.42 Å². The van der Waals surface area contributed by atoms with Crippen LogP contribution in [0.1, 0.15) is 24.2 Å². The molecule has 104 valence electrons. The lowest BCUT2D eigenvalue weighted by Crippen LogP contribution is -2.45. The lowest BCUT2D eigenvalue weighted by molar-refractivity contribution is 0.428.